The summed E-state index contributed by atoms with van der Waals surface area (Å²) in [5.74, 6) is 0.958. The Morgan fingerprint density at radius 2 is 2.12 bits per heavy atom. The summed E-state index contributed by atoms with van der Waals surface area (Å²) in [5, 5.41) is 8.95. The number of benzene rings is 1. The molecule has 0 unspecified atom stereocenters. The van der Waals surface area contributed by atoms with Crippen LogP contribution in [0.2, 0.25) is 0 Å². The minimum atomic E-state index is 0.234. The molecule has 1 aromatic carbocycles. The zero-order valence-corrected chi connectivity index (χ0v) is 11.8. The van der Waals surface area contributed by atoms with E-state index in [1.54, 1.807) is 7.11 Å². The van der Waals surface area contributed by atoms with Gasteiger partial charge in [-0.3, -0.25) is 0 Å². The lowest BCUT2D eigenvalue weighted by atomic mass is 9.89. The SMILES string of the molecule is COc1c(CCCO)cc2c(c1Br)CCCC2. The second-order valence-electron chi connectivity index (χ2n) is 4.55. The zero-order chi connectivity index (χ0) is 12.3. The number of fused-ring (bicyclic) bond motifs is 1. The highest BCUT2D eigenvalue weighted by atomic mass is 79.9. The summed E-state index contributed by atoms with van der Waals surface area (Å²) in [4.78, 5) is 0. The third-order valence-electron chi connectivity index (χ3n) is 3.42. The fourth-order valence-electron chi connectivity index (χ4n) is 2.57. The van der Waals surface area contributed by atoms with Gasteiger partial charge in [0, 0.05) is 6.61 Å². The van der Waals surface area contributed by atoms with Crippen LogP contribution >= 0.6 is 15.9 Å². The van der Waals surface area contributed by atoms with E-state index in [2.05, 4.69) is 22.0 Å². The van der Waals surface area contributed by atoms with Gasteiger partial charge in [-0.15, -0.1) is 0 Å². The van der Waals surface area contributed by atoms with Crippen molar-refractivity contribution in [2.45, 2.75) is 38.5 Å². The highest BCUT2D eigenvalue weighted by Crippen LogP contribution is 2.38. The molecule has 0 spiro atoms. The molecule has 2 rings (SSSR count). The average Bonchev–Trinajstić information content (AvgIpc) is 2.36. The van der Waals surface area contributed by atoms with E-state index in [-0.39, 0.29) is 6.61 Å². The molecule has 0 heterocycles. The molecule has 0 aromatic heterocycles. The van der Waals surface area contributed by atoms with Gasteiger partial charge in [0.05, 0.1) is 11.6 Å². The van der Waals surface area contributed by atoms with Gasteiger partial charge in [0.2, 0.25) is 0 Å². The Kier molecular flexibility index (Phi) is 4.46. The molecule has 17 heavy (non-hydrogen) atoms. The second kappa shape index (κ2) is 5.87. The van der Waals surface area contributed by atoms with E-state index in [4.69, 9.17) is 9.84 Å². The van der Waals surface area contributed by atoms with Gasteiger partial charge in [-0.25, -0.2) is 0 Å². The van der Waals surface area contributed by atoms with Gasteiger partial charge in [0.1, 0.15) is 5.75 Å². The topological polar surface area (TPSA) is 29.5 Å². The molecule has 0 radical (unpaired) electrons. The lowest BCUT2D eigenvalue weighted by Gasteiger charge is -2.21. The number of aryl methyl sites for hydroxylation is 2. The van der Waals surface area contributed by atoms with Crippen LogP contribution in [0.5, 0.6) is 5.75 Å². The molecule has 0 aliphatic heterocycles. The van der Waals surface area contributed by atoms with Crippen LogP contribution in [0.4, 0.5) is 0 Å². The molecule has 0 saturated heterocycles. The quantitative estimate of drug-likeness (QED) is 0.924. The highest BCUT2D eigenvalue weighted by molar-refractivity contribution is 9.10. The fraction of sp³-hybridized carbons (Fsp3) is 0.571. The standard InChI is InChI=1S/C14H19BrO2/c1-17-14-11(6-4-8-16)9-10-5-2-3-7-12(10)13(14)15/h9,16H,2-8H2,1H3. The summed E-state index contributed by atoms with van der Waals surface area (Å²) >= 11 is 3.68. The third kappa shape index (κ3) is 2.66. The predicted octanol–water partition coefficient (Wildman–Crippen LogP) is 3.26. The molecule has 1 aliphatic rings. The smallest absolute Gasteiger partial charge is 0.136 e. The van der Waals surface area contributed by atoms with Gasteiger partial charge in [-0.2, -0.15) is 0 Å². The van der Waals surface area contributed by atoms with Crippen molar-refractivity contribution in [1.82, 2.24) is 0 Å². The molecular weight excluding hydrogens is 280 g/mol. The molecule has 0 saturated carbocycles. The number of aliphatic hydroxyl groups excluding tert-OH is 1. The Bertz CT molecular complexity index is 402. The van der Waals surface area contributed by atoms with Gasteiger partial charge >= 0.3 is 0 Å². The minimum Gasteiger partial charge on any atom is -0.495 e. The Morgan fingerprint density at radius 3 is 2.82 bits per heavy atom. The minimum absolute atomic E-state index is 0.234. The van der Waals surface area contributed by atoms with Crippen LogP contribution in [-0.4, -0.2) is 18.8 Å². The Hall–Kier alpha value is -0.540. The molecule has 0 atom stereocenters. The summed E-state index contributed by atoms with van der Waals surface area (Å²) in [6.07, 6.45) is 6.54. The van der Waals surface area contributed by atoms with Crippen LogP contribution in [0.1, 0.15) is 36.0 Å². The molecule has 0 fully saturated rings. The van der Waals surface area contributed by atoms with E-state index in [9.17, 15) is 0 Å². The van der Waals surface area contributed by atoms with E-state index in [0.717, 1.165) is 29.5 Å². The highest BCUT2D eigenvalue weighted by Gasteiger charge is 2.18. The van der Waals surface area contributed by atoms with Crippen molar-refractivity contribution in [2.24, 2.45) is 0 Å². The Balaban J connectivity index is 2.40. The van der Waals surface area contributed by atoms with Crippen LogP contribution < -0.4 is 4.74 Å². The summed E-state index contributed by atoms with van der Waals surface area (Å²) in [6.45, 7) is 0.234. The number of aliphatic hydroxyl groups is 1. The molecule has 2 nitrogen and oxygen atoms in total. The maximum Gasteiger partial charge on any atom is 0.136 e. The molecule has 94 valence electrons. The number of rotatable bonds is 4. The first kappa shape index (κ1) is 12.9. The largest absolute Gasteiger partial charge is 0.495 e. The van der Waals surface area contributed by atoms with E-state index >= 15 is 0 Å². The van der Waals surface area contributed by atoms with E-state index in [1.807, 2.05) is 0 Å². The number of ether oxygens (including phenoxy) is 1. The maximum atomic E-state index is 8.95. The van der Waals surface area contributed by atoms with E-state index in [0.29, 0.717) is 0 Å². The van der Waals surface area contributed by atoms with Gasteiger partial charge in [-0.1, -0.05) is 6.07 Å². The molecule has 3 heteroatoms. The zero-order valence-electron chi connectivity index (χ0n) is 10.3. The van der Waals surface area contributed by atoms with Crippen molar-refractivity contribution in [1.29, 1.82) is 0 Å². The van der Waals surface area contributed by atoms with Crippen LogP contribution in [0.3, 0.4) is 0 Å². The van der Waals surface area contributed by atoms with Crippen molar-refractivity contribution < 1.29 is 9.84 Å². The third-order valence-corrected chi connectivity index (χ3v) is 4.26. The summed E-state index contributed by atoms with van der Waals surface area (Å²) < 4.78 is 6.64. The molecule has 1 N–H and O–H groups in total. The second-order valence-corrected chi connectivity index (χ2v) is 5.35. The van der Waals surface area contributed by atoms with Crippen LogP contribution in [0.15, 0.2) is 10.5 Å². The molecule has 1 aromatic rings. The van der Waals surface area contributed by atoms with Crippen molar-refractivity contribution >= 4 is 15.9 Å². The van der Waals surface area contributed by atoms with Gasteiger partial charge < -0.3 is 9.84 Å². The van der Waals surface area contributed by atoms with Crippen molar-refractivity contribution in [3.63, 3.8) is 0 Å². The molecule has 0 bridgehead atoms. The number of hydrogen-bond acceptors (Lipinski definition) is 2. The van der Waals surface area contributed by atoms with Gasteiger partial charge in [0.15, 0.2) is 0 Å². The lowest BCUT2D eigenvalue weighted by Crippen LogP contribution is -2.07. The molecule has 0 amide bonds. The summed E-state index contributed by atoms with van der Waals surface area (Å²) in [5.41, 5.74) is 4.09. The van der Waals surface area contributed by atoms with Crippen molar-refractivity contribution in [3.8, 4) is 5.75 Å². The number of halogens is 1. The summed E-state index contributed by atoms with van der Waals surface area (Å²) in [6, 6.07) is 2.27. The van der Waals surface area contributed by atoms with Crippen molar-refractivity contribution in [2.75, 3.05) is 13.7 Å². The normalized spacial score (nSPS) is 14.5. The Labute approximate surface area is 111 Å². The first-order valence-electron chi connectivity index (χ1n) is 6.26. The summed E-state index contributed by atoms with van der Waals surface area (Å²) in [7, 11) is 1.72. The average molecular weight is 299 g/mol. The fourth-order valence-corrected chi connectivity index (χ4v) is 3.44. The Morgan fingerprint density at radius 1 is 1.35 bits per heavy atom. The van der Waals surface area contributed by atoms with Crippen LogP contribution in [0.25, 0.3) is 0 Å². The maximum absolute atomic E-state index is 8.95. The number of methoxy groups -OCH3 is 1. The first-order valence-corrected chi connectivity index (χ1v) is 7.05. The van der Waals surface area contributed by atoms with Crippen LogP contribution in [0, 0.1) is 0 Å². The van der Waals surface area contributed by atoms with E-state index in [1.165, 1.54) is 36.0 Å². The first-order chi connectivity index (χ1) is 8.27. The van der Waals surface area contributed by atoms with Crippen LogP contribution in [-0.2, 0) is 19.3 Å². The van der Waals surface area contributed by atoms with Gasteiger partial charge in [-0.05, 0) is 71.1 Å². The molecule has 1 aliphatic carbocycles. The predicted molar refractivity (Wildman–Crippen MR) is 72.7 cm³/mol. The lowest BCUT2D eigenvalue weighted by molar-refractivity contribution is 0.287. The number of hydrogen-bond donors (Lipinski definition) is 1. The molecular formula is C14H19BrO2. The monoisotopic (exact) mass is 298 g/mol. The van der Waals surface area contributed by atoms with Crippen molar-refractivity contribution in [3.05, 3.63) is 27.2 Å². The van der Waals surface area contributed by atoms with E-state index < -0.39 is 0 Å². The van der Waals surface area contributed by atoms with Gasteiger partial charge in [0.25, 0.3) is 0 Å².